The minimum Gasteiger partial charge on any atom is -0.493 e. The van der Waals surface area contributed by atoms with Gasteiger partial charge in [-0.15, -0.1) is 0 Å². The van der Waals surface area contributed by atoms with Gasteiger partial charge in [0.05, 0.1) is 18.6 Å². The van der Waals surface area contributed by atoms with Gasteiger partial charge < -0.3 is 9.47 Å². The van der Waals surface area contributed by atoms with Gasteiger partial charge in [0.25, 0.3) is 5.91 Å². The molecule has 2 aromatic carbocycles. The van der Waals surface area contributed by atoms with Gasteiger partial charge in [0.1, 0.15) is 4.32 Å². The fourth-order valence-electron chi connectivity index (χ4n) is 2.57. The highest BCUT2D eigenvalue weighted by molar-refractivity contribution is 8.26. The SMILES string of the molecule is COc1cc(/C=C2/SC(=S)N(Cc3ccccc3)C2=O)ccc1OC(C)=O. The second kappa shape index (κ2) is 8.37. The van der Waals surface area contributed by atoms with E-state index >= 15 is 0 Å². The minimum absolute atomic E-state index is 0.128. The molecule has 2 aromatic rings. The van der Waals surface area contributed by atoms with E-state index in [2.05, 4.69) is 0 Å². The molecule has 0 radical (unpaired) electrons. The van der Waals surface area contributed by atoms with Crippen LogP contribution < -0.4 is 9.47 Å². The number of nitrogens with zero attached hydrogens (tertiary/aromatic N) is 1. The van der Waals surface area contributed by atoms with Crippen LogP contribution in [-0.2, 0) is 16.1 Å². The quantitative estimate of drug-likeness (QED) is 0.328. The zero-order valence-electron chi connectivity index (χ0n) is 14.8. The van der Waals surface area contributed by atoms with Crippen LogP contribution in [0.5, 0.6) is 11.5 Å². The molecule has 5 nitrogen and oxygen atoms in total. The normalized spacial score (nSPS) is 15.3. The maximum absolute atomic E-state index is 12.7. The van der Waals surface area contributed by atoms with Crippen molar-refractivity contribution in [2.45, 2.75) is 13.5 Å². The summed E-state index contributed by atoms with van der Waals surface area (Å²) in [6.07, 6.45) is 1.75. The molecule has 0 bridgehead atoms. The Morgan fingerprint density at radius 3 is 2.59 bits per heavy atom. The number of ether oxygens (including phenoxy) is 2. The average Bonchev–Trinajstić information content (AvgIpc) is 2.91. The van der Waals surface area contributed by atoms with Crippen molar-refractivity contribution in [1.82, 2.24) is 4.90 Å². The predicted octanol–water partition coefficient (Wildman–Crippen LogP) is 4.02. The monoisotopic (exact) mass is 399 g/mol. The average molecular weight is 399 g/mol. The number of carbonyl (C=O) groups is 2. The minimum atomic E-state index is -0.428. The van der Waals surface area contributed by atoms with Gasteiger partial charge in [-0.25, -0.2) is 0 Å². The van der Waals surface area contributed by atoms with E-state index in [1.807, 2.05) is 30.3 Å². The Morgan fingerprint density at radius 2 is 1.93 bits per heavy atom. The van der Waals surface area contributed by atoms with Gasteiger partial charge in [-0.05, 0) is 29.3 Å². The Bertz CT molecular complexity index is 925. The molecule has 1 fully saturated rings. The van der Waals surface area contributed by atoms with Gasteiger partial charge in [-0.2, -0.15) is 0 Å². The van der Waals surface area contributed by atoms with E-state index in [1.54, 1.807) is 29.2 Å². The first kappa shape index (κ1) is 19.1. The first-order valence-electron chi connectivity index (χ1n) is 8.13. The smallest absolute Gasteiger partial charge is 0.308 e. The second-order valence-corrected chi connectivity index (χ2v) is 7.43. The Balaban J connectivity index is 1.82. The molecule has 1 heterocycles. The molecule has 0 unspecified atom stereocenters. The van der Waals surface area contributed by atoms with E-state index in [1.165, 1.54) is 25.8 Å². The summed E-state index contributed by atoms with van der Waals surface area (Å²) in [7, 11) is 1.49. The molecule has 1 amide bonds. The first-order chi connectivity index (χ1) is 13.0. The van der Waals surface area contributed by atoms with Gasteiger partial charge in [-0.1, -0.05) is 60.4 Å². The number of thiocarbonyl (C=S) groups is 1. The number of hydrogen-bond donors (Lipinski definition) is 0. The van der Waals surface area contributed by atoms with E-state index in [-0.39, 0.29) is 5.91 Å². The Morgan fingerprint density at radius 1 is 1.19 bits per heavy atom. The van der Waals surface area contributed by atoms with Crippen LogP contribution in [0.25, 0.3) is 6.08 Å². The lowest BCUT2D eigenvalue weighted by molar-refractivity contribution is -0.132. The lowest BCUT2D eigenvalue weighted by Gasteiger charge is -2.14. The highest BCUT2D eigenvalue weighted by Crippen LogP contribution is 2.35. The standard InChI is InChI=1S/C20H17NO4S2/c1-13(22)25-16-9-8-15(10-17(16)24-2)11-18-19(23)21(20(26)27-18)12-14-6-4-3-5-7-14/h3-11H,12H2,1-2H3/b18-11+. The van der Waals surface area contributed by atoms with Gasteiger partial charge in [0.2, 0.25) is 0 Å². The molecule has 1 aliphatic heterocycles. The van der Waals surface area contributed by atoms with Crippen molar-refractivity contribution in [3.8, 4) is 11.5 Å². The molecule has 0 aliphatic carbocycles. The Labute approximate surface area is 167 Å². The van der Waals surface area contributed by atoms with Crippen LogP contribution in [0.4, 0.5) is 0 Å². The van der Waals surface area contributed by atoms with E-state index < -0.39 is 5.97 Å². The van der Waals surface area contributed by atoms with Crippen LogP contribution in [0.1, 0.15) is 18.1 Å². The van der Waals surface area contributed by atoms with E-state index in [0.29, 0.717) is 27.3 Å². The number of amides is 1. The summed E-state index contributed by atoms with van der Waals surface area (Å²) in [5, 5.41) is 0. The van der Waals surface area contributed by atoms with Crippen molar-refractivity contribution in [3.63, 3.8) is 0 Å². The summed E-state index contributed by atoms with van der Waals surface area (Å²) in [4.78, 5) is 26.0. The summed E-state index contributed by atoms with van der Waals surface area (Å²) in [6, 6.07) is 14.8. The van der Waals surface area contributed by atoms with Gasteiger partial charge in [0.15, 0.2) is 11.5 Å². The molecule has 0 atom stereocenters. The predicted molar refractivity (Wildman–Crippen MR) is 109 cm³/mol. The number of thioether (sulfide) groups is 1. The van der Waals surface area contributed by atoms with Gasteiger partial charge >= 0.3 is 5.97 Å². The van der Waals surface area contributed by atoms with Gasteiger partial charge in [0, 0.05) is 6.92 Å². The second-order valence-electron chi connectivity index (χ2n) is 5.76. The van der Waals surface area contributed by atoms with Crippen LogP contribution in [0.3, 0.4) is 0 Å². The summed E-state index contributed by atoms with van der Waals surface area (Å²) < 4.78 is 10.9. The zero-order valence-corrected chi connectivity index (χ0v) is 16.4. The molecular formula is C20H17NO4S2. The fourth-order valence-corrected chi connectivity index (χ4v) is 3.82. The number of benzene rings is 2. The summed E-state index contributed by atoms with van der Waals surface area (Å²) in [5.41, 5.74) is 1.77. The van der Waals surface area contributed by atoms with E-state index in [9.17, 15) is 9.59 Å². The van der Waals surface area contributed by atoms with Crippen molar-refractivity contribution in [2.75, 3.05) is 7.11 Å². The molecule has 1 saturated heterocycles. The third-order valence-corrected chi connectivity index (χ3v) is 5.17. The number of hydrogen-bond acceptors (Lipinski definition) is 6. The van der Waals surface area contributed by atoms with Crippen LogP contribution in [0.15, 0.2) is 53.4 Å². The molecule has 0 spiro atoms. The lowest BCUT2D eigenvalue weighted by atomic mass is 10.1. The van der Waals surface area contributed by atoms with Crippen molar-refractivity contribution in [2.24, 2.45) is 0 Å². The topological polar surface area (TPSA) is 55.8 Å². The molecule has 0 saturated carbocycles. The lowest BCUT2D eigenvalue weighted by Crippen LogP contribution is -2.27. The Kier molecular flexibility index (Phi) is 5.93. The molecule has 0 aromatic heterocycles. The highest BCUT2D eigenvalue weighted by Gasteiger charge is 2.32. The molecule has 3 rings (SSSR count). The fraction of sp³-hybridized carbons (Fsp3) is 0.150. The van der Waals surface area contributed by atoms with E-state index in [0.717, 1.165) is 11.1 Å². The van der Waals surface area contributed by atoms with Crippen molar-refractivity contribution in [1.29, 1.82) is 0 Å². The molecular weight excluding hydrogens is 382 g/mol. The molecule has 1 aliphatic rings. The molecule has 27 heavy (non-hydrogen) atoms. The largest absolute Gasteiger partial charge is 0.493 e. The first-order valence-corrected chi connectivity index (χ1v) is 9.36. The van der Waals surface area contributed by atoms with Crippen molar-refractivity contribution >= 4 is 46.3 Å². The number of carbonyl (C=O) groups excluding carboxylic acids is 2. The van der Waals surface area contributed by atoms with Gasteiger partial charge in [-0.3, -0.25) is 14.5 Å². The summed E-state index contributed by atoms with van der Waals surface area (Å²) in [5.74, 6) is 0.192. The summed E-state index contributed by atoms with van der Waals surface area (Å²) in [6.45, 7) is 1.77. The van der Waals surface area contributed by atoms with Crippen LogP contribution >= 0.6 is 24.0 Å². The maximum Gasteiger partial charge on any atom is 0.308 e. The van der Waals surface area contributed by atoms with Crippen LogP contribution in [0.2, 0.25) is 0 Å². The zero-order chi connectivity index (χ0) is 19.4. The molecule has 138 valence electrons. The maximum atomic E-state index is 12.7. The van der Waals surface area contributed by atoms with Crippen molar-refractivity contribution < 1.29 is 19.1 Å². The van der Waals surface area contributed by atoms with Crippen molar-refractivity contribution in [3.05, 3.63) is 64.6 Å². The third kappa shape index (κ3) is 4.56. The number of esters is 1. The van der Waals surface area contributed by atoms with Crippen LogP contribution in [-0.4, -0.2) is 28.2 Å². The number of rotatable bonds is 5. The molecule has 0 N–H and O–H groups in total. The third-order valence-electron chi connectivity index (χ3n) is 3.80. The summed E-state index contributed by atoms with van der Waals surface area (Å²) >= 11 is 6.64. The van der Waals surface area contributed by atoms with E-state index in [4.69, 9.17) is 21.7 Å². The van der Waals surface area contributed by atoms with Crippen LogP contribution in [0, 0.1) is 0 Å². The molecule has 7 heteroatoms. The number of methoxy groups -OCH3 is 1. The Hall–Kier alpha value is -2.64. The highest BCUT2D eigenvalue weighted by atomic mass is 32.2.